The Labute approximate surface area is 221 Å². The van der Waals surface area contributed by atoms with E-state index in [1.807, 2.05) is 94.4 Å². The third kappa shape index (κ3) is 4.52. The van der Waals surface area contributed by atoms with Crippen molar-refractivity contribution in [1.29, 1.82) is 0 Å². The number of hydrogen-bond donors (Lipinski definition) is 0. The summed E-state index contributed by atoms with van der Waals surface area (Å²) in [7, 11) is 0. The molecule has 4 nitrogen and oxygen atoms in total. The number of benzene rings is 3. The standard InChI is InChI=1S/C30H27Cl2N3O/c1-18-27(28(20-11-15-22(32)16-12-20)23-7-5-6-8-24(23)33-18)25-17-26(19-9-13-21(31)14-10-19)35(34-25)29(36)30(2,3)4/h5-16,26H,17H2,1-4H3. The van der Waals surface area contributed by atoms with Crippen LogP contribution in [-0.4, -0.2) is 21.6 Å². The van der Waals surface area contributed by atoms with E-state index in [9.17, 15) is 4.79 Å². The Hall–Kier alpha value is -3.21. The maximum Gasteiger partial charge on any atom is 0.248 e. The first-order valence-electron chi connectivity index (χ1n) is 12.0. The van der Waals surface area contributed by atoms with Gasteiger partial charge in [-0.05, 0) is 48.4 Å². The topological polar surface area (TPSA) is 45.6 Å². The van der Waals surface area contributed by atoms with E-state index in [0.717, 1.165) is 44.6 Å². The van der Waals surface area contributed by atoms with Crippen molar-refractivity contribution in [2.75, 3.05) is 0 Å². The number of hydrogen-bond acceptors (Lipinski definition) is 3. The van der Waals surface area contributed by atoms with Crippen molar-refractivity contribution < 1.29 is 4.79 Å². The van der Waals surface area contributed by atoms with Gasteiger partial charge in [0.15, 0.2) is 0 Å². The summed E-state index contributed by atoms with van der Waals surface area (Å²) in [5.41, 5.74) is 6.08. The maximum absolute atomic E-state index is 13.5. The second kappa shape index (κ2) is 9.34. The van der Waals surface area contributed by atoms with Crippen molar-refractivity contribution >= 4 is 45.7 Å². The molecule has 5 rings (SSSR count). The summed E-state index contributed by atoms with van der Waals surface area (Å²) in [4.78, 5) is 18.5. The van der Waals surface area contributed by atoms with E-state index in [1.54, 1.807) is 5.01 Å². The number of pyridine rings is 1. The normalized spacial score (nSPS) is 15.9. The van der Waals surface area contributed by atoms with Crippen molar-refractivity contribution in [2.45, 2.75) is 40.2 Å². The fourth-order valence-electron chi connectivity index (χ4n) is 4.74. The molecule has 0 radical (unpaired) electrons. The molecule has 1 aliphatic heterocycles. The van der Waals surface area contributed by atoms with Crippen molar-refractivity contribution in [3.63, 3.8) is 0 Å². The Morgan fingerprint density at radius 1 is 0.889 bits per heavy atom. The number of aryl methyl sites for hydroxylation is 1. The van der Waals surface area contributed by atoms with Crippen LogP contribution in [0.25, 0.3) is 22.0 Å². The van der Waals surface area contributed by atoms with Crippen LogP contribution >= 0.6 is 23.2 Å². The summed E-state index contributed by atoms with van der Waals surface area (Å²) < 4.78 is 0. The molecule has 0 N–H and O–H groups in total. The molecule has 6 heteroatoms. The Balaban J connectivity index is 1.73. The largest absolute Gasteiger partial charge is 0.272 e. The zero-order chi connectivity index (χ0) is 25.6. The molecule has 182 valence electrons. The number of carbonyl (C=O) groups is 1. The molecule has 3 aromatic carbocycles. The Morgan fingerprint density at radius 3 is 2.14 bits per heavy atom. The molecular weight excluding hydrogens is 489 g/mol. The third-order valence-corrected chi connectivity index (χ3v) is 7.01. The predicted molar refractivity (Wildman–Crippen MR) is 149 cm³/mol. The summed E-state index contributed by atoms with van der Waals surface area (Å²) in [6.07, 6.45) is 0.574. The summed E-state index contributed by atoms with van der Waals surface area (Å²) in [6.45, 7) is 7.77. The number of hydrazone groups is 1. The van der Waals surface area contributed by atoms with Gasteiger partial charge in [-0.15, -0.1) is 0 Å². The molecule has 0 spiro atoms. The smallest absolute Gasteiger partial charge is 0.248 e. The number of rotatable bonds is 3. The maximum atomic E-state index is 13.5. The van der Waals surface area contributed by atoms with Gasteiger partial charge in [-0.25, -0.2) is 5.01 Å². The monoisotopic (exact) mass is 515 g/mol. The second-order valence-electron chi connectivity index (χ2n) is 10.2. The van der Waals surface area contributed by atoms with Crippen LogP contribution < -0.4 is 0 Å². The fraction of sp³-hybridized carbons (Fsp3) is 0.233. The van der Waals surface area contributed by atoms with E-state index < -0.39 is 5.41 Å². The van der Waals surface area contributed by atoms with Crippen LogP contribution in [0, 0.1) is 12.3 Å². The summed E-state index contributed by atoms with van der Waals surface area (Å²) in [6, 6.07) is 23.4. The molecule has 0 aliphatic carbocycles. The number of amides is 1. The molecule has 1 amide bonds. The van der Waals surface area contributed by atoms with Gasteiger partial charge >= 0.3 is 0 Å². The molecule has 0 fully saturated rings. The highest BCUT2D eigenvalue weighted by molar-refractivity contribution is 6.31. The number of nitrogens with zero attached hydrogens (tertiary/aromatic N) is 3. The van der Waals surface area contributed by atoms with Crippen molar-refractivity contribution in [1.82, 2.24) is 9.99 Å². The van der Waals surface area contributed by atoms with Gasteiger partial charge in [0.25, 0.3) is 0 Å². The molecule has 1 aliphatic rings. The van der Waals surface area contributed by atoms with Gasteiger partial charge in [0, 0.05) is 44.1 Å². The van der Waals surface area contributed by atoms with Gasteiger partial charge in [0.05, 0.1) is 17.3 Å². The van der Waals surface area contributed by atoms with E-state index in [4.69, 9.17) is 33.3 Å². The molecule has 2 heterocycles. The van der Waals surface area contributed by atoms with Crippen molar-refractivity contribution in [3.8, 4) is 11.1 Å². The molecule has 1 aromatic heterocycles. The average Bonchev–Trinajstić information content (AvgIpc) is 3.28. The quantitative estimate of drug-likeness (QED) is 0.275. The summed E-state index contributed by atoms with van der Waals surface area (Å²) in [5.74, 6) is -0.0307. The SMILES string of the molecule is Cc1nc2ccccc2c(-c2ccc(Cl)cc2)c1C1=NN(C(=O)C(C)(C)C)C(c2ccc(Cl)cc2)C1. The van der Waals surface area contributed by atoms with E-state index in [0.29, 0.717) is 16.5 Å². The second-order valence-corrected chi connectivity index (χ2v) is 11.1. The Bertz CT molecular complexity index is 1490. The molecule has 0 saturated heterocycles. The van der Waals surface area contributed by atoms with E-state index in [-0.39, 0.29) is 11.9 Å². The molecule has 1 unspecified atom stereocenters. The molecular formula is C30H27Cl2N3O. The van der Waals surface area contributed by atoms with Gasteiger partial charge in [-0.2, -0.15) is 5.10 Å². The molecule has 0 saturated carbocycles. The minimum Gasteiger partial charge on any atom is -0.272 e. The van der Waals surface area contributed by atoms with E-state index in [2.05, 4.69) is 6.07 Å². The third-order valence-electron chi connectivity index (χ3n) is 6.51. The van der Waals surface area contributed by atoms with Crippen LogP contribution in [0.15, 0.2) is 77.9 Å². The van der Waals surface area contributed by atoms with Crippen molar-refractivity contribution in [3.05, 3.63) is 99.7 Å². The zero-order valence-electron chi connectivity index (χ0n) is 20.7. The molecule has 1 atom stereocenters. The first-order chi connectivity index (χ1) is 17.1. The highest BCUT2D eigenvalue weighted by Crippen LogP contribution is 2.41. The number of halogens is 2. The van der Waals surface area contributed by atoms with Gasteiger partial charge < -0.3 is 0 Å². The van der Waals surface area contributed by atoms with Crippen LogP contribution in [0.1, 0.15) is 50.1 Å². The molecule has 4 aromatic rings. The lowest BCUT2D eigenvalue weighted by Crippen LogP contribution is -2.36. The highest BCUT2D eigenvalue weighted by Gasteiger charge is 2.39. The zero-order valence-corrected chi connectivity index (χ0v) is 22.2. The lowest BCUT2D eigenvalue weighted by atomic mass is 9.89. The lowest BCUT2D eigenvalue weighted by Gasteiger charge is -2.28. The lowest BCUT2D eigenvalue weighted by molar-refractivity contribution is -0.141. The molecule has 0 bridgehead atoms. The number of para-hydroxylation sites is 1. The summed E-state index contributed by atoms with van der Waals surface area (Å²) >= 11 is 12.4. The van der Waals surface area contributed by atoms with Crippen LogP contribution in [0.2, 0.25) is 10.0 Å². The van der Waals surface area contributed by atoms with Gasteiger partial charge in [-0.1, -0.05) is 86.4 Å². The van der Waals surface area contributed by atoms with Gasteiger partial charge in [0.1, 0.15) is 0 Å². The Kier molecular flexibility index (Phi) is 6.36. The van der Waals surface area contributed by atoms with Gasteiger partial charge in [0.2, 0.25) is 5.91 Å². The molecule has 36 heavy (non-hydrogen) atoms. The van der Waals surface area contributed by atoms with Crippen LogP contribution in [0.5, 0.6) is 0 Å². The minimum atomic E-state index is -0.584. The fourth-order valence-corrected chi connectivity index (χ4v) is 4.99. The Morgan fingerprint density at radius 2 is 1.50 bits per heavy atom. The van der Waals surface area contributed by atoms with Crippen LogP contribution in [0.4, 0.5) is 0 Å². The average molecular weight is 516 g/mol. The minimum absolute atomic E-state index is 0.0307. The van der Waals surface area contributed by atoms with Crippen molar-refractivity contribution in [2.24, 2.45) is 10.5 Å². The summed E-state index contributed by atoms with van der Waals surface area (Å²) in [5, 5.41) is 9.00. The number of carbonyl (C=O) groups excluding carboxylic acids is 1. The van der Waals surface area contributed by atoms with Crippen LogP contribution in [0.3, 0.4) is 0 Å². The van der Waals surface area contributed by atoms with E-state index >= 15 is 0 Å². The van der Waals surface area contributed by atoms with Gasteiger partial charge in [-0.3, -0.25) is 9.78 Å². The van der Waals surface area contributed by atoms with E-state index in [1.165, 1.54) is 0 Å². The first-order valence-corrected chi connectivity index (χ1v) is 12.7. The number of fused-ring (bicyclic) bond motifs is 1. The predicted octanol–water partition coefficient (Wildman–Crippen LogP) is 8.24. The highest BCUT2D eigenvalue weighted by atomic mass is 35.5. The van der Waals surface area contributed by atoms with Crippen LogP contribution in [-0.2, 0) is 4.79 Å². The number of aromatic nitrogens is 1. The first kappa shape index (κ1) is 24.5.